The number of pyridine rings is 1. The molecule has 0 spiro atoms. The molecule has 0 unspecified atom stereocenters. The third kappa shape index (κ3) is 4.74. The van der Waals surface area contributed by atoms with Crippen molar-refractivity contribution in [2.24, 2.45) is 0 Å². The molecule has 1 aromatic heterocycles. The number of halogens is 1. The Hall–Kier alpha value is -3.28. The fraction of sp³-hybridized carbons (Fsp3) is 0.320. The third-order valence-corrected chi connectivity index (χ3v) is 5.68. The number of rotatable bonds is 4. The molecule has 4 rings (SSSR count). The quantitative estimate of drug-likeness (QED) is 0.594. The van der Waals surface area contributed by atoms with Crippen LogP contribution in [0.2, 0.25) is 0 Å². The molecule has 2 aromatic carbocycles. The zero-order valence-corrected chi connectivity index (χ0v) is 17.5. The maximum absolute atomic E-state index is 13.5. The highest BCUT2D eigenvalue weighted by molar-refractivity contribution is 6.06. The number of aryl methyl sites for hydroxylation is 2. The van der Waals surface area contributed by atoms with Crippen LogP contribution in [0.4, 0.5) is 10.1 Å². The van der Waals surface area contributed by atoms with E-state index in [1.807, 2.05) is 24.3 Å². The lowest BCUT2D eigenvalue weighted by Gasteiger charge is -2.18. The Morgan fingerprint density at radius 2 is 1.84 bits per heavy atom. The molecule has 5 nitrogen and oxygen atoms in total. The Morgan fingerprint density at radius 3 is 2.68 bits per heavy atom. The first-order valence-corrected chi connectivity index (χ1v) is 10.7. The Morgan fingerprint density at radius 1 is 1.06 bits per heavy atom. The van der Waals surface area contributed by atoms with Crippen molar-refractivity contribution in [3.8, 4) is 0 Å². The summed E-state index contributed by atoms with van der Waals surface area (Å²) < 4.78 is 18.9. The second kappa shape index (κ2) is 9.25. The zero-order valence-electron chi connectivity index (χ0n) is 17.5. The predicted molar refractivity (Wildman–Crippen MR) is 118 cm³/mol. The van der Waals surface area contributed by atoms with Gasteiger partial charge in [0.05, 0.1) is 11.1 Å². The molecule has 0 saturated heterocycles. The average Bonchev–Trinajstić information content (AvgIpc) is 2.74. The van der Waals surface area contributed by atoms with Crippen molar-refractivity contribution in [2.45, 2.75) is 45.4 Å². The topological polar surface area (TPSA) is 68.3 Å². The summed E-state index contributed by atoms with van der Waals surface area (Å²) in [6.07, 6.45) is 5.92. The Labute approximate surface area is 180 Å². The van der Waals surface area contributed by atoms with Crippen LogP contribution in [0.3, 0.4) is 0 Å². The van der Waals surface area contributed by atoms with Crippen molar-refractivity contribution in [1.29, 1.82) is 0 Å². The lowest BCUT2D eigenvalue weighted by Crippen LogP contribution is -2.22. The summed E-state index contributed by atoms with van der Waals surface area (Å²) in [5, 5.41) is 3.35. The molecule has 0 aliphatic heterocycles. The van der Waals surface area contributed by atoms with Gasteiger partial charge in [-0.2, -0.15) is 0 Å². The molecule has 6 heteroatoms. The Kier molecular flexibility index (Phi) is 6.26. The van der Waals surface area contributed by atoms with Gasteiger partial charge >= 0.3 is 5.97 Å². The van der Waals surface area contributed by atoms with Gasteiger partial charge in [-0.15, -0.1) is 0 Å². The molecule has 1 heterocycles. The highest BCUT2D eigenvalue weighted by Gasteiger charge is 2.23. The second-order valence-corrected chi connectivity index (χ2v) is 7.93. The highest BCUT2D eigenvalue weighted by Crippen LogP contribution is 2.29. The van der Waals surface area contributed by atoms with Crippen LogP contribution in [0.15, 0.2) is 42.5 Å². The molecule has 0 saturated carbocycles. The van der Waals surface area contributed by atoms with Gasteiger partial charge in [0.25, 0.3) is 5.91 Å². The van der Waals surface area contributed by atoms with Gasteiger partial charge in [0.2, 0.25) is 0 Å². The number of nitrogens with one attached hydrogen (secondary N) is 1. The van der Waals surface area contributed by atoms with Gasteiger partial charge in [0.15, 0.2) is 6.61 Å². The number of fused-ring (bicyclic) bond motifs is 2. The monoisotopic (exact) mass is 420 g/mol. The predicted octanol–water partition coefficient (Wildman–Crippen LogP) is 5.14. The summed E-state index contributed by atoms with van der Waals surface area (Å²) in [6, 6.07) is 11.7. The van der Waals surface area contributed by atoms with E-state index in [4.69, 9.17) is 9.72 Å². The first kappa shape index (κ1) is 21.0. The average molecular weight is 420 g/mol. The fourth-order valence-electron chi connectivity index (χ4n) is 4.08. The number of nitrogens with zero attached hydrogens (tertiary/aromatic N) is 1. The van der Waals surface area contributed by atoms with Crippen LogP contribution >= 0.6 is 0 Å². The van der Waals surface area contributed by atoms with Crippen molar-refractivity contribution >= 4 is 28.5 Å². The molecule has 31 heavy (non-hydrogen) atoms. The number of amides is 1. The Balaban J connectivity index is 1.57. The number of anilines is 1. The minimum Gasteiger partial charge on any atom is -0.452 e. The molecule has 1 amide bonds. The summed E-state index contributed by atoms with van der Waals surface area (Å²) in [5.41, 5.74) is 4.24. The van der Waals surface area contributed by atoms with Crippen LogP contribution in [-0.4, -0.2) is 23.5 Å². The molecule has 1 aliphatic carbocycles. The third-order valence-electron chi connectivity index (χ3n) is 5.68. The van der Waals surface area contributed by atoms with E-state index in [1.54, 1.807) is 13.0 Å². The summed E-state index contributed by atoms with van der Waals surface area (Å²) in [4.78, 5) is 30.3. The molecule has 0 atom stereocenters. The van der Waals surface area contributed by atoms with Crippen molar-refractivity contribution in [2.75, 3.05) is 11.9 Å². The van der Waals surface area contributed by atoms with E-state index in [2.05, 4.69) is 5.32 Å². The van der Waals surface area contributed by atoms with E-state index in [1.165, 1.54) is 12.1 Å². The van der Waals surface area contributed by atoms with Gasteiger partial charge in [-0.05, 0) is 61.9 Å². The van der Waals surface area contributed by atoms with Gasteiger partial charge in [0, 0.05) is 16.8 Å². The number of hydrogen-bond donors (Lipinski definition) is 1. The van der Waals surface area contributed by atoms with Gasteiger partial charge in [-0.25, -0.2) is 9.18 Å². The summed E-state index contributed by atoms with van der Waals surface area (Å²) >= 11 is 0. The van der Waals surface area contributed by atoms with Crippen LogP contribution in [0, 0.1) is 12.7 Å². The summed E-state index contributed by atoms with van der Waals surface area (Å²) in [7, 11) is 0. The number of carbonyl (C=O) groups excluding carboxylic acids is 2. The molecular formula is C25H25FN2O3. The van der Waals surface area contributed by atoms with E-state index in [-0.39, 0.29) is 0 Å². The molecule has 160 valence electrons. The van der Waals surface area contributed by atoms with E-state index >= 15 is 0 Å². The van der Waals surface area contributed by atoms with Gasteiger partial charge in [0.1, 0.15) is 5.82 Å². The molecule has 0 bridgehead atoms. The van der Waals surface area contributed by atoms with Gasteiger partial charge < -0.3 is 10.1 Å². The van der Waals surface area contributed by atoms with Crippen molar-refractivity contribution in [3.63, 3.8) is 0 Å². The SMILES string of the molecule is Cc1ccc(F)cc1NC(=O)COC(=O)c1c2c(nc3ccccc13)CCCCCC2. The molecule has 0 fully saturated rings. The maximum atomic E-state index is 13.5. The molecule has 1 N–H and O–H groups in total. The molecular weight excluding hydrogens is 395 g/mol. The van der Waals surface area contributed by atoms with E-state index in [9.17, 15) is 14.0 Å². The van der Waals surface area contributed by atoms with Crippen molar-refractivity contribution in [3.05, 3.63) is 70.7 Å². The minimum absolute atomic E-state index is 0.362. The van der Waals surface area contributed by atoms with E-state index in [0.29, 0.717) is 11.3 Å². The van der Waals surface area contributed by atoms with Crippen LogP contribution < -0.4 is 5.32 Å². The number of esters is 1. The normalized spacial score (nSPS) is 13.7. The number of aromatic nitrogens is 1. The lowest BCUT2D eigenvalue weighted by molar-refractivity contribution is -0.119. The van der Waals surface area contributed by atoms with Crippen LogP contribution in [0.1, 0.15) is 52.9 Å². The fourth-order valence-corrected chi connectivity index (χ4v) is 4.08. The molecule has 0 radical (unpaired) electrons. The van der Waals surface area contributed by atoms with Crippen LogP contribution in [0.25, 0.3) is 10.9 Å². The van der Waals surface area contributed by atoms with Gasteiger partial charge in [-0.3, -0.25) is 9.78 Å². The number of ether oxygens (including phenoxy) is 1. The summed E-state index contributed by atoms with van der Waals surface area (Å²) in [6.45, 7) is 1.32. The zero-order chi connectivity index (χ0) is 21.8. The number of benzene rings is 2. The first-order valence-electron chi connectivity index (χ1n) is 10.7. The smallest absolute Gasteiger partial charge is 0.339 e. The number of para-hydroxylation sites is 1. The summed E-state index contributed by atoms with van der Waals surface area (Å²) in [5.74, 6) is -1.48. The van der Waals surface area contributed by atoms with E-state index < -0.39 is 24.3 Å². The lowest BCUT2D eigenvalue weighted by atomic mass is 9.91. The van der Waals surface area contributed by atoms with Crippen LogP contribution in [0.5, 0.6) is 0 Å². The van der Waals surface area contributed by atoms with Crippen LogP contribution in [-0.2, 0) is 22.4 Å². The van der Waals surface area contributed by atoms with Crippen molar-refractivity contribution < 1.29 is 18.7 Å². The maximum Gasteiger partial charge on any atom is 0.339 e. The van der Waals surface area contributed by atoms with E-state index in [0.717, 1.165) is 66.2 Å². The standard InChI is InChI=1S/C25H25FN2O3/c1-16-12-13-17(26)14-22(16)28-23(29)15-31-25(30)24-18-8-4-2-3-5-10-20(18)27-21-11-7-6-9-19(21)24/h6-7,9,11-14H,2-5,8,10,15H2,1H3,(H,28,29). The molecule has 1 aliphatic rings. The molecule has 3 aromatic rings. The number of carbonyl (C=O) groups is 2. The first-order chi connectivity index (χ1) is 15.0. The van der Waals surface area contributed by atoms with Crippen molar-refractivity contribution in [1.82, 2.24) is 4.98 Å². The Bertz CT molecular complexity index is 1140. The second-order valence-electron chi connectivity index (χ2n) is 7.93. The number of hydrogen-bond acceptors (Lipinski definition) is 4. The van der Waals surface area contributed by atoms with Gasteiger partial charge in [-0.1, -0.05) is 37.1 Å². The highest BCUT2D eigenvalue weighted by atomic mass is 19.1. The largest absolute Gasteiger partial charge is 0.452 e. The minimum atomic E-state index is -0.526.